The zero-order valence-electron chi connectivity index (χ0n) is 9.90. The van der Waals surface area contributed by atoms with E-state index >= 15 is 0 Å². The van der Waals surface area contributed by atoms with Crippen molar-refractivity contribution in [2.75, 3.05) is 7.11 Å². The SMILES string of the molecule is COCc1noc(C2(N)CCC(C)CC2)n1. The summed E-state index contributed by atoms with van der Waals surface area (Å²) in [5.74, 6) is 1.88. The van der Waals surface area contributed by atoms with Crippen molar-refractivity contribution < 1.29 is 9.26 Å². The lowest BCUT2D eigenvalue weighted by molar-refractivity contribution is 0.172. The molecule has 16 heavy (non-hydrogen) atoms. The highest BCUT2D eigenvalue weighted by Crippen LogP contribution is 2.36. The van der Waals surface area contributed by atoms with Crippen molar-refractivity contribution in [3.8, 4) is 0 Å². The number of nitrogens with zero attached hydrogens (tertiary/aromatic N) is 2. The molecule has 1 aliphatic rings. The Kier molecular flexibility index (Phi) is 3.25. The zero-order chi connectivity index (χ0) is 11.6. The van der Waals surface area contributed by atoms with Crippen LogP contribution in [0.3, 0.4) is 0 Å². The van der Waals surface area contributed by atoms with Gasteiger partial charge in [-0.2, -0.15) is 4.98 Å². The topological polar surface area (TPSA) is 74.2 Å². The smallest absolute Gasteiger partial charge is 0.246 e. The second-order valence-electron chi connectivity index (χ2n) is 4.79. The number of nitrogens with two attached hydrogens (primary N) is 1. The van der Waals surface area contributed by atoms with Crippen molar-refractivity contribution in [2.45, 2.75) is 44.8 Å². The Balaban J connectivity index is 2.09. The summed E-state index contributed by atoms with van der Waals surface area (Å²) in [5.41, 5.74) is 5.89. The van der Waals surface area contributed by atoms with Gasteiger partial charge in [-0.1, -0.05) is 12.1 Å². The Morgan fingerprint density at radius 3 is 2.81 bits per heavy atom. The molecule has 0 atom stereocenters. The van der Waals surface area contributed by atoms with Crippen LogP contribution in [0, 0.1) is 5.92 Å². The van der Waals surface area contributed by atoms with Gasteiger partial charge in [0.2, 0.25) is 5.89 Å². The lowest BCUT2D eigenvalue weighted by atomic mass is 9.78. The minimum absolute atomic E-state index is 0.371. The highest BCUT2D eigenvalue weighted by atomic mass is 16.5. The van der Waals surface area contributed by atoms with E-state index in [2.05, 4.69) is 17.1 Å². The first-order valence-electron chi connectivity index (χ1n) is 5.75. The van der Waals surface area contributed by atoms with E-state index in [0.29, 0.717) is 18.3 Å². The van der Waals surface area contributed by atoms with Crippen molar-refractivity contribution in [3.63, 3.8) is 0 Å². The van der Waals surface area contributed by atoms with Crippen LogP contribution >= 0.6 is 0 Å². The molecule has 0 bridgehead atoms. The first-order chi connectivity index (χ1) is 7.64. The zero-order valence-corrected chi connectivity index (χ0v) is 9.90. The minimum atomic E-state index is -0.425. The molecule has 1 aromatic rings. The fourth-order valence-corrected chi connectivity index (χ4v) is 2.14. The van der Waals surface area contributed by atoms with Crippen LogP contribution in [0.25, 0.3) is 0 Å². The second-order valence-corrected chi connectivity index (χ2v) is 4.79. The van der Waals surface area contributed by atoms with Gasteiger partial charge in [-0.25, -0.2) is 0 Å². The summed E-state index contributed by atoms with van der Waals surface area (Å²) in [4.78, 5) is 4.29. The number of rotatable bonds is 3. The van der Waals surface area contributed by atoms with Crippen molar-refractivity contribution >= 4 is 0 Å². The summed E-state index contributed by atoms with van der Waals surface area (Å²) < 4.78 is 10.2. The van der Waals surface area contributed by atoms with Crippen molar-refractivity contribution in [1.29, 1.82) is 0 Å². The summed E-state index contributed by atoms with van der Waals surface area (Å²) >= 11 is 0. The van der Waals surface area contributed by atoms with E-state index in [1.165, 1.54) is 0 Å². The highest BCUT2D eigenvalue weighted by Gasteiger charge is 2.36. The molecule has 1 fully saturated rings. The van der Waals surface area contributed by atoms with Crippen LogP contribution < -0.4 is 5.73 Å². The molecule has 90 valence electrons. The van der Waals surface area contributed by atoms with Gasteiger partial charge in [-0.15, -0.1) is 0 Å². The molecule has 2 N–H and O–H groups in total. The molecule has 1 saturated carbocycles. The highest BCUT2D eigenvalue weighted by molar-refractivity contribution is 5.03. The first-order valence-corrected chi connectivity index (χ1v) is 5.75. The molecule has 0 aliphatic heterocycles. The Labute approximate surface area is 95.3 Å². The molecule has 1 heterocycles. The predicted octanol–water partition coefficient (Wildman–Crippen LogP) is 1.58. The van der Waals surface area contributed by atoms with Gasteiger partial charge < -0.3 is 15.0 Å². The molecule has 1 aromatic heterocycles. The number of aromatic nitrogens is 2. The molecule has 0 unspecified atom stereocenters. The Hall–Kier alpha value is -0.940. The molecular formula is C11H19N3O2. The van der Waals surface area contributed by atoms with Crippen LogP contribution in [0.5, 0.6) is 0 Å². The van der Waals surface area contributed by atoms with E-state index in [9.17, 15) is 0 Å². The summed E-state index contributed by atoms with van der Waals surface area (Å²) in [6, 6.07) is 0. The van der Waals surface area contributed by atoms with Gasteiger partial charge in [0.05, 0.1) is 5.54 Å². The van der Waals surface area contributed by atoms with E-state index in [4.69, 9.17) is 15.0 Å². The van der Waals surface area contributed by atoms with Crippen molar-refractivity contribution in [3.05, 3.63) is 11.7 Å². The average molecular weight is 225 g/mol. The number of ether oxygens (including phenoxy) is 1. The maximum Gasteiger partial charge on any atom is 0.246 e. The summed E-state index contributed by atoms with van der Waals surface area (Å²) in [6.45, 7) is 2.62. The molecule has 2 rings (SSSR count). The fraction of sp³-hybridized carbons (Fsp3) is 0.818. The lowest BCUT2D eigenvalue weighted by Gasteiger charge is -2.32. The molecule has 1 aliphatic carbocycles. The van der Waals surface area contributed by atoms with Gasteiger partial charge >= 0.3 is 0 Å². The predicted molar refractivity (Wildman–Crippen MR) is 58.5 cm³/mol. The summed E-state index contributed by atoms with van der Waals surface area (Å²) in [7, 11) is 1.61. The van der Waals surface area contributed by atoms with Gasteiger partial charge in [-0.3, -0.25) is 0 Å². The van der Waals surface area contributed by atoms with Gasteiger partial charge in [0.15, 0.2) is 5.82 Å². The lowest BCUT2D eigenvalue weighted by Crippen LogP contribution is -2.40. The molecule has 0 spiro atoms. The molecule has 0 aromatic carbocycles. The van der Waals surface area contributed by atoms with Crippen LogP contribution in [0.4, 0.5) is 0 Å². The molecule has 5 heteroatoms. The van der Waals surface area contributed by atoms with E-state index in [0.717, 1.165) is 31.6 Å². The van der Waals surface area contributed by atoms with Crippen molar-refractivity contribution in [2.24, 2.45) is 11.7 Å². The third kappa shape index (κ3) is 2.25. The van der Waals surface area contributed by atoms with Crippen LogP contribution in [0.2, 0.25) is 0 Å². The Bertz CT molecular complexity index is 343. The number of methoxy groups -OCH3 is 1. The molecule has 5 nitrogen and oxygen atoms in total. The van der Waals surface area contributed by atoms with E-state index < -0.39 is 5.54 Å². The molecular weight excluding hydrogens is 206 g/mol. The first kappa shape index (κ1) is 11.5. The quantitative estimate of drug-likeness (QED) is 0.845. The number of hydrogen-bond acceptors (Lipinski definition) is 5. The maximum atomic E-state index is 6.32. The largest absolute Gasteiger partial charge is 0.377 e. The summed E-state index contributed by atoms with van der Waals surface area (Å²) in [5, 5.41) is 3.85. The van der Waals surface area contributed by atoms with Gasteiger partial charge in [0, 0.05) is 7.11 Å². The maximum absolute atomic E-state index is 6.32. The Morgan fingerprint density at radius 1 is 1.50 bits per heavy atom. The van der Waals surface area contributed by atoms with Gasteiger partial charge in [-0.05, 0) is 31.6 Å². The second kappa shape index (κ2) is 4.51. The van der Waals surface area contributed by atoms with E-state index in [1.54, 1.807) is 7.11 Å². The van der Waals surface area contributed by atoms with Gasteiger partial charge in [0.25, 0.3) is 0 Å². The van der Waals surface area contributed by atoms with Crippen LogP contribution in [0.15, 0.2) is 4.52 Å². The minimum Gasteiger partial charge on any atom is -0.377 e. The summed E-state index contributed by atoms with van der Waals surface area (Å²) in [6.07, 6.45) is 4.09. The molecule has 0 saturated heterocycles. The van der Waals surface area contributed by atoms with Crippen LogP contribution in [0.1, 0.15) is 44.3 Å². The number of hydrogen-bond donors (Lipinski definition) is 1. The van der Waals surface area contributed by atoms with Crippen molar-refractivity contribution in [1.82, 2.24) is 10.1 Å². The monoisotopic (exact) mass is 225 g/mol. The normalized spacial score (nSPS) is 30.6. The van der Waals surface area contributed by atoms with Crippen LogP contribution in [-0.4, -0.2) is 17.3 Å². The standard InChI is InChI=1S/C11H19N3O2/c1-8-3-5-11(12,6-4-8)10-13-9(7-15-2)14-16-10/h8H,3-7,12H2,1-2H3. The molecule has 0 amide bonds. The van der Waals surface area contributed by atoms with Crippen LogP contribution in [-0.2, 0) is 16.9 Å². The van der Waals surface area contributed by atoms with E-state index in [1.807, 2.05) is 0 Å². The van der Waals surface area contributed by atoms with Gasteiger partial charge in [0.1, 0.15) is 6.61 Å². The third-order valence-electron chi connectivity index (χ3n) is 3.33. The average Bonchev–Trinajstić information content (AvgIpc) is 2.73. The van der Waals surface area contributed by atoms with E-state index in [-0.39, 0.29) is 0 Å². The fourth-order valence-electron chi connectivity index (χ4n) is 2.14. The molecule has 0 radical (unpaired) electrons. The Morgan fingerprint density at radius 2 is 2.19 bits per heavy atom. The third-order valence-corrected chi connectivity index (χ3v) is 3.33.